The van der Waals surface area contributed by atoms with Gasteiger partial charge in [0.25, 0.3) is 0 Å². The standard InChI is InChI=1S/C18H22N6/c1-23-8-6-14(7-9-23)24-10-15(12-2-4-13(19)5-3-12)16-17(20)21-11-22-18(16)24/h2-5,10-11,14H,6-9,19H2,1H3,(H2,20,21,22). The number of benzene rings is 1. The number of nitrogens with two attached hydrogens (primary N) is 2. The predicted molar refractivity (Wildman–Crippen MR) is 97.6 cm³/mol. The predicted octanol–water partition coefficient (Wildman–Crippen LogP) is 2.53. The van der Waals surface area contributed by atoms with E-state index in [1.807, 2.05) is 24.3 Å². The van der Waals surface area contributed by atoms with Gasteiger partial charge >= 0.3 is 0 Å². The molecule has 0 radical (unpaired) electrons. The highest BCUT2D eigenvalue weighted by Crippen LogP contribution is 2.36. The van der Waals surface area contributed by atoms with Gasteiger partial charge in [0.2, 0.25) is 0 Å². The van der Waals surface area contributed by atoms with E-state index in [1.54, 1.807) is 6.33 Å². The van der Waals surface area contributed by atoms with Crippen LogP contribution in [0.25, 0.3) is 22.2 Å². The molecule has 0 unspecified atom stereocenters. The monoisotopic (exact) mass is 322 g/mol. The Hall–Kier alpha value is -2.60. The highest BCUT2D eigenvalue weighted by Gasteiger charge is 2.23. The molecule has 124 valence electrons. The van der Waals surface area contributed by atoms with Crippen LogP contribution >= 0.6 is 0 Å². The molecule has 6 heteroatoms. The Bertz CT molecular complexity index is 859. The number of fused-ring (bicyclic) bond motifs is 1. The summed E-state index contributed by atoms with van der Waals surface area (Å²) in [6.45, 7) is 2.20. The van der Waals surface area contributed by atoms with Crippen molar-refractivity contribution < 1.29 is 0 Å². The maximum atomic E-state index is 6.19. The molecule has 1 aliphatic heterocycles. The van der Waals surface area contributed by atoms with Crippen LogP contribution in [-0.4, -0.2) is 39.6 Å². The van der Waals surface area contributed by atoms with Gasteiger partial charge in [-0.25, -0.2) is 9.97 Å². The number of aromatic nitrogens is 3. The van der Waals surface area contributed by atoms with Crippen LogP contribution in [0.1, 0.15) is 18.9 Å². The van der Waals surface area contributed by atoms with Gasteiger partial charge in [-0.3, -0.25) is 0 Å². The Morgan fingerprint density at radius 1 is 1.04 bits per heavy atom. The molecule has 0 bridgehead atoms. The Balaban J connectivity index is 1.87. The van der Waals surface area contributed by atoms with E-state index in [1.165, 1.54) is 0 Å². The van der Waals surface area contributed by atoms with E-state index in [4.69, 9.17) is 11.5 Å². The molecule has 6 nitrogen and oxygen atoms in total. The zero-order chi connectivity index (χ0) is 16.7. The number of hydrogen-bond donors (Lipinski definition) is 2. The molecule has 0 spiro atoms. The summed E-state index contributed by atoms with van der Waals surface area (Å²) in [4.78, 5) is 11.1. The number of anilines is 2. The maximum Gasteiger partial charge on any atom is 0.146 e. The van der Waals surface area contributed by atoms with Crippen LogP contribution in [0.3, 0.4) is 0 Å². The van der Waals surface area contributed by atoms with Crippen LogP contribution < -0.4 is 11.5 Å². The lowest BCUT2D eigenvalue weighted by atomic mass is 10.1. The molecule has 0 aliphatic carbocycles. The largest absolute Gasteiger partial charge is 0.399 e. The van der Waals surface area contributed by atoms with Crippen LogP contribution in [-0.2, 0) is 0 Å². The molecule has 4 rings (SSSR count). The van der Waals surface area contributed by atoms with Gasteiger partial charge in [0, 0.05) is 23.5 Å². The highest BCUT2D eigenvalue weighted by molar-refractivity contribution is 6.00. The molecule has 2 aromatic heterocycles. The van der Waals surface area contributed by atoms with Crippen LogP contribution in [0, 0.1) is 0 Å². The summed E-state index contributed by atoms with van der Waals surface area (Å²) in [6.07, 6.45) is 5.96. The first-order valence-electron chi connectivity index (χ1n) is 8.29. The molecule has 0 atom stereocenters. The summed E-state index contributed by atoms with van der Waals surface area (Å²) in [7, 11) is 2.17. The van der Waals surface area contributed by atoms with Crippen molar-refractivity contribution >= 4 is 22.5 Å². The lowest BCUT2D eigenvalue weighted by molar-refractivity contribution is 0.224. The maximum absolute atomic E-state index is 6.19. The second kappa shape index (κ2) is 5.79. The third-order valence-electron chi connectivity index (χ3n) is 4.94. The molecule has 1 saturated heterocycles. The molecular weight excluding hydrogens is 300 g/mol. The Kier molecular flexibility index (Phi) is 3.61. The van der Waals surface area contributed by atoms with E-state index >= 15 is 0 Å². The van der Waals surface area contributed by atoms with Crippen molar-refractivity contribution in [2.75, 3.05) is 31.6 Å². The van der Waals surface area contributed by atoms with Gasteiger partial charge in [-0.1, -0.05) is 12.1 Å². The normalized spacial score (nSPS) is 16.7. The van der Waals surface area contributed by atoms with Gasteiger partial charge < -0.3 is 20.9 Å². The summed E-state index contributed by atoms with van der Waals surface area (Å²) in [5, 5.41) is 0.932. The van der Waals surface area contributed by atoms with Crippen LogP contribution in [0.2, 0.25) is 0 Å². The van der Waals surface area contributed by atoms with E-state index in [0.29, 0.717) is 11.9 Å². The first kappa shape index (κ1) is 15.0. The number of nitrogen functional groups attached to an aromatic ring is 2. The third kappa shape index (κ3) is 2.49. The van der Waals surface area contributed by atoms with Crippen LogP contribution in [0.5, 0.6) is 0 Å². The Morgan fingerprint density at radius 3 is 2.46 bits per heavy atom. The molecule has 1 aromatic carbocycles. The smallest absolute Gasteiger partial charge is 0.146 e. The molecular formula is C18H22N6. The molecule has 4 N–H and O–H groups in total. The first-order valence-corrected chi connectivity index (χ1v) is 8.29. The zero-order valence-electron chi connectivity index (χ0n) is 13.8. The number of rotatable bonds is 2. The van der Waals surface area contributed by atoms with Gasteiger partial charge in [-0.15, -0.1) is 0 Å². The topological polar surface area (TPSA) is 86.0 Å². The van der Waals surface area contributed by atoms with Gasteiger partial charge in [-0.05, 0) is 50.7 Å². The van der Waals surface area contributed by atoms with Gasteiger partial charge in [-0.2, -0.15) is 0 Å². The number of piperidine rings is 1. The number of nitrogens with zero attached hydrogens (tertiary/aromatic N) is 4. The summed E-state index contributed by atoms with van der Waals surface area (Å²) < 4.78 is 2.28. The van der Waals surface area contributed by atoms with Crippen LogP contribution in [0.4, 0.5) is 11.5 Å². The van der Waals surface area contributed by atoms with E-state index in [0.717, 1.165) is 53.8 Å². The van der Waals surface area contributed by atoms with Crippen molar-refractivity contribution in [3.63, 3.8) is 0 Å². The fourth-order valence-corrected chi connectivity index (χ4v) is 3.54. The summed E-state index contributed by atoms with van der Waals surface area (Å²) >= 11 is 0. The van der Waals surface area contributed by atoms with Crippen LogP contribution in [0.15, 0.2) is 36.8 Å². The fraction of sp³-hybridized carbons (Fsp3) is 0.333. The molecule has 1 fully saturated rings. The minimum Gasteiger partial charge on any atom is -0.399 e. The fourth-order valence-electron chi connectivity index (χ4n) is 3.54. The lowest BCUT2D eigenvalue weighted by Crippen LogP contribution is -2.31. The number of hydrogen-bond acceptors (Lipinski definition) is 5. The van der Waals surface area contributed by atoms with Crippen molar-refractivity contribution in [3.05, 3.63) is 36.8 Å². The summed E-state index contributed by atoms with van der Waals surface area (Å²) in [5.74, 6) is 0.526. The molecule has 3 heterocycles. The molecule has 0 saturated carbocycles. The molecule has 24 heavy (non-hydrogen) atoms. The van der Waals surface area contributed by atoms with Crippen molar-refractivity contribution in [3.8, 4) is 11.1 Å². The zero-order valence-corrected chi connectivity index (χ0v) is 13.8. The molecule has 3 aromatic rings. The summed E-state index contributed by atoms with van der Waals surface area (Å²) in [5.41, 5.74) is 15.8. The first-order chi connectivity index (χ1) is 11.6. The SMILES string of the molecule is CN1CCC(n2cc(-c3ccc(N)cc3)c3c(N)ncnc32)CC1. The molecule has 0 amide bonds. The Morgan fingerprint density at radius 2 is 1.75 bits per heavy atom. The van der Waals surface area contributed by atoms with Crippen molar-refractivity contribution in [1.82, 2.24) is 19.4 Å². The lowest BCUT2D eigenvalue weighted by Gasteiger charge is -2.30. The quantitative estimate of drug-likeness (QED) is 0.708. The Labute approximate surface area is 141 Å². The highest BCUT2D eigenvalue weighted by atomic mass is 15.1. The second-order valence-electron chi connectivity index (χ2n) is 6.56. The number of likely N-dealkylation sites (tertiary alicyclic amines) is 1. The van der Waals surface area contributed by atoms with E-state index < -0.39 is 0 Å². The minimum atomic E-state index is 0.445. The second-order valence-corrected chi connectivity index (χ2v) is 6.56. The van der Waals surface area contributed by atoms with Gasteiger partial charge in [0.15, 0.2) is 0 Å². The van der Waals surface area contributed by atoms with Crippen molar-refractivity contribution in [2.24, 2.45) is 0 Å². The van der Waals surface area contributed by atoms with E-state index in [9.17, 15) is 0 Å². The average Bonchev–Trinajstić information content (AvgIpc) is 2.97. The summed E-state index contributed by atoms with van der Waals surface area (Å²) in [6, 6.07) is 8.31. The van der Waals surface area contributed by atoms with Crippen molar-refractivity contribution in [1.29, 1.82) is 0 Å². The van der Waals surface area contributed by atoms with E-state index in [-0.39, 0.29) is 0 Å². The van der Waals surface area contributed by atoms with Crippen molar-refractivity contribution in [2.45, 2.75) is 18.9 Å². The average molecular weight is 322 g/mol. The third-order valence-corrected chi connectivity index (χ3v) is 4.94. The molecule has 1 aliphatic rings. The van der Waals surface area contributed by atoms with Gasteiger partial charge in [0.1, 0.15) is 17.8 Å². The minimum absolute atomic E-state index is 0.445. The van der Waals surface area contributed by atoms with Gasteiger partial charge in [0.05, 0.1) is 5.39 Å². The van der Waals surface area contributed by atoms with E-state index in [2.05, 4.69) is 32.7 Å².